The van der Waals surface area contributed by atoms with Crippen molar-refractivity contribution in [2.45, 2.75) is 45.4 Å². The summed E-state index contributed by atoms with van der Waals surface area (Å²) in [6.45, 7) is 4.65. The van der Waals surface area contributed by atoms with Gasteiger partial charge in [0.05, 0.1) is 0 Å². The molecule has 0 aliphatic heterocycles. The molecule has 0 heterocycles. The van der Waals surface area contributed by atoms with Crippen LogP contribution in [0.2, 0.25) is 0 Å². The lowest BCUT2D eigenvalue weighted by Gasteiger charge is -2.15. The summed E-state index contributed by atoms with van der Waals surface area (Å²) >= 11 is 0. The van der Waals surface area contributed by atoms with Crippen molar-refractivity contribution in [3.63, 3.8) is 0 Å². The molecule has 1 atom stereocenters. The maximum Gasteiger partial charge on any atom is 0.00197 e. The molecule has 1 aliphatic rings. The molecule has 0 amide bonds. The molecular formula is C15H20. The van der Waals surface area contributed by atoms with Crippen LogP contribution in [-0.4, -0.2) is 0 Å². The summed E-state index contributed by atoms with van der Waals surface area (Å²) in [5.74, 6) is 0.597. The topological polar surface area (TPSA) is 0 Å². The van der Waals surface area contributed by atoms with Crippen molar-refractivity contribution in [2.75, 3.05) is 0 Å². The molecule has 0 N–H and O–H groups in total. The maximum atomic E-state index is 2.33. The van der Waals surface area contributed by atoms with Crippen LogP contribution in [0.15, 0.2) is 41.5 Å². The average Bonchev–Trinajstić information content (AvgIpc) is 2.82. The monoisotopic (exact) mass is 200 g/mol. The molecule has 1 saturated carbocycles. The van der Waals surface area contributed by atoms with Crippen LogP contribution in [0.5, 0.6) is 0 Å². The van der Waals surface area contributed by atoms with Gasteiger partial charge in [-0.25, -0.2) is 0 Å². The molecule has 15 heavy (non-hydrogen) atoms. The second-order valence-corrected chi connectivity index (χ2v) is 4.63. The first-order valence-corrected chi connectivity index (χ1v) is 6.02. The van der Waals surface area contributed by atoms with E-state index in [1.807, 2.05) is 0 Å². The van der Waals surface area contributed by atoms with Crippen LogP contribution in [0.4, 0.5) is 0 Å². The van der Waals surface area contributed by atoms with Crippen molar-refractivity contribution < 1.29 is 0 Å². The van der Waals surface area contributed by atoms with Gasteiger partial charge in [0.2, 0.25) is 0 Å². The first-order valence-electron chi connectivity index (χ1n) is 6.02. The zero-order valence-corrected chi connectivity index (χ0v) is 9.79. The van der Waals surface area contributed by atoms with Crippen LogP contribution in [-0.2, 0) is 0 Å². The fourth-order valence-electron chi connectivity index (χ4n) is 2.49. The molecule has 2 rings (SSSR count). The maximum absolute atomic E-state index is 2.33. The van der Waals surface area contributed by atoms with Crippen LogP contribution in [0.3, 0.4) is 0 Å². The van der Waals surface area contributed by atoms with Crippen molar-refractivity contribution in [1.82, 2.24) is 0 Å². The normalized spacial score (nSPS) is 17.9. The molecule has 1 aliphatic carbocycles. The minimum atomic E-state index is 0.597. The summed E-state index contributed by atoms with van der Waals surface area (Å²) in [6, 6.07) is 10.8. The second-order valence-electron chi connectivity index (χ2n) is 4.63. The van der Waals surface area contributed by atoms with Gasteiger partial charge in [-0.2, -0.15) is 0 Å². The number of allylic oxidation sites excluding steroid dienone is 2. The highest BCUT2D eigenvalue weighted by Crippen LogP contribution is 2.33. The van der Waals surface area contributed by atoms with E-state index in [-0.39, 0.29) is 0 Å². The minimum Gasteiger partial charge on any atom is -0.0707 e. The molecule has 80 valence electrons. The molecule has 1 aromatic carbocycles. The van der Waals surface area contributed by atoms with Gasteiger partial charge in [-0.15, -0.1) is 0 Å². The van der Waals surface area contributed by atoms with Gasteiger partial charge in [-0.3, -0.25) is 0 Å². The highest BCUT2D eigenvalue weighted by atomic mass is 14.2. The lowest BCUT2D eigenvalue weighted by Crippen LogP contribution is -1.97. The molecule has 0 spiro atoms. The van der Waals surface area contributed by atoms with Crippen molar-refractivity contribution in [3.05, 3.63) is 47.0 Å². The molecule has 1 fully saturated rings. The smallest absolute Gasteiger partial charge is 0.00197 e. The van der Waals surface area contributed by atoms with E-state index in [1.165, 1.54) is 31.2 Å². The zero-order chi connectivity index (χ0) is 10.7. The van der Waals surface area contributed by atoms with Gasteiger partial charge < -0.3 is 0 Å². The van der Waals surface area contributed by atoms with Gasteiger partial charge in [0.15, 0.2) is 0 Å². The Labute approximate surface area is 93.0 Å². The Balaban J connectivity index is 2.21. The van der Waals surface area contributed by atoms with Gasteiger partial charge in [0.1, 0.15) is 0 Å². The number of rotatable bonds is 2. The first-order chi connectivity index (χ1) is 7.29. The third kappa shape index (κ3) is 2.31. The summed E-state index contributed by atoms with van der Waals surface area (Å²) in [6.07, 6.45) is 5.47. The Bertz CT molecular complexity index is 338. The Kier molecular flexibility index (Phi) is 3.25. The quantitative estimate of drug-likeness (QED) is 0.608. The zero-order valence-electron chi connectivity index (χ0n) is 9.79. The highest BCUT2D eigenvalue weighted by Gasteiger charge is 2.14. The molecule has 1 aromatic rings. The van der Waals surface area contributed by atoms with Crippen LogP contribution in [0, 0.1) is 0 Å². The van der Waals surface area contributed by atoms with Gasteiger partial charge in [0.25, 0.3) is 0 Å². The molecule has 0 bridgehead atoms. The van der Waals surface area contributed by atoms with Gasteiger partial charge >= 0.3 is 0 Å². The highest BCUT2D eigenvalue weighted by molar-refractivity contribution is 5.30. The molecule has 0 heteroatoms. The summed E-state index contributed by atoms with van der Waals surface area (Å²) < 4.78 is 0. The molecule has 0 saturated heterocycles. The molecule has 1 unspecified atom stereocenters. The Morgan fingerprint density at radius 3 is 2.27 bits per heavy atom. The number of hydrogen-bond acceptors (Lipinski definition) is 0. The SMILES string of the molecule is CC(=C1CCCC1)C(C)c1ccccc1. The van der Waals surface area contributed by atoms with E-state index in [0.29, 0.717) is 5.92 Å². The van der Waals surface area contributed by atoms with E-state index in [2.05, 4.69) is 44.2 Å². The molecular weight excluding hydrogens is 180 g/mol. The van der Waals surface area contributed by atoms with Gasteiger partial charge in [0, 0.05) is 5.92 Å². The van der Waals surface area contributed by atoms with Crippen molar-refractivity contribution in [3.8, 4) is 0 Å². The van der Waals surface area contributed by atoms with Crippen molar-refractivity contribution >= 4 is 0 Å². The van der Waals surface area contributed by atoms with Crippen LogP contribution in [0.25, 0.3) is 0 Å². The standard InChI is InChI=1S/C15H20/c1-12(14-8-4-3-5-9-14)13(2)15-10-6-7-11-15/h3-5,8-9,12H,6-7,10-11H2,1-2H3. The summed E-state index contributed by atoms with van der Waals surface area (Å²) in [5.41, 5.74) is 4.78. The molecule has 0 nitrogen and oxygen atoms in total. The summed E-state index contributed by atoms with van der Waals surface area (Å²) in [4.78, 5) is 0. The van der Waals surface area contributed by atoms with E-state index in [4.69, 9.17) is 0 Å². The summed E-state index contributed by atoms with van der Waals surface area (Å²) in [5, 5.41) is 0. The van der Waals surface area contributed by atoms with Crippen LogP contribution < -0.4 is 0 Å². The van der Waals surface area contributed by atoms with Gasteiger partial charge in [-0.1, -0.05) is 48.4 Å². The van der Waals surface area contributed by atoms with E-state index < -0.39 is 0 Å². The van der Waals surface area contributed by atoms with Crippen molar-refractivity contribution in [1.29, 1.82) is 0 Å². The third-order valence-corrected chi connectivity index (χ3v) is 3.71. The van der Waals surface area contributed by atoms with E-state index >= 15 is 0 Å². The first kappa shape index (κ1) is 10.5. The van der Waals surface area contributed by atoms with Crippen LogP contribution in [0.1, 0.15) is 51.0 Å². The lowest BCUT2D eigenvalue weighted by molar-refractivity contribution is 0.856. The Morgan fingerprint density at radius 2 is 1.67 bits per heavy atom. The van der Waals surface area contributed by atoms with E-state index in [0.717, 1.165) is 0 Å². The predicted molar refractivity (Wildman–Crippen MR) is 66.0 cm³/mol. The van der Waals surface area contributed by atoms with E-state index in [9.17, 15) is 0 Å². The molecule has 0 aromatic heterocycles. The second kappa shape index (κ2) is 4.65. The Morgan fingerprint density at radius 1 is 1.07 bits per heavy atom. The Hall–Kier alpha value is -1.04. The lowest BCUT2D eigenvalue weighted by atomic mass is 9.90. The minimum absolute atomic E-state index is 0.597. The average molecular weight is 200 g/mol. The predicted octanol–water partition coefficient (Wildman–Crippen LogP) is 4.68. The van der Waals surface area contributed by atoms with Crippen LogP contribution >= 0.6 is 0 Å². The number of hydrogen-bond donors (Lipinski definition) is 0. The van der Waals surface area contributed by atoms with E-state index in [1.54, 1.807) is 11.1 Å². The summed E-state index contributed by atoms with van der Waals surface area (Å²) in [7, 11) is 0. The molecule has 0 radical (unpaired) electrons. The fourth-order valence-corrected chi connectivity index (χ4v) is 2.49. The largest absolute Gasteiger partial charge is 0.0707 e. The van der Waals surface area contributed by atoms with Gasteiger partial charge in [-0.05, 0) is 38.2 Å². The fraction of sp³-hybridized carbons (Fsp3) is 0.467. The third-order valence-electron chi connectivity index (χ3n) is 3.71. The van der Waals surface area contributed by atoms with Crippen molar-refractivity contribution in [2.24, 2.45) is 0 Å². The number of benzene rings is 1.